The second kappa shape index (κ2) is 40.0. The molecule has 0 aliphatic heterocycles. The third kappa shape index (κ3) is 22.2. The molecular formula is C82H54F6O33S7. The molecule has 33 nitrogen and oxygen atoms in total. The molecule has 0 bridgehead atoms. The third-order valence-corrected chi connectivity index (χ3v) is 24.3. The zero-order chi connectivity index (χ0) is 93.9. The Morgan fingerprint density at radius 3 is 0.797 bits per heavy atom. The second-order valence-electron chi connectivity index (χ2n) is 26.1. The Bertz CT molecular complexity index is 6880. The number of halogens is 6. The van der Waals surface area contributed by atoms with Crippen molar-refractivity contribution in [1.29, 1.82) is 0 Å². The van der Waals surface area contributed by atoms with Crippen LogP contribution in [0.5, 0.6) is 34.5 Å². The molecule has 12 rings (SSSR count). The maximum atomic E-state index is 15.0. The minimum Gasteiger partial charge on any atom is -0.508 e. The van der Waals surface area contributed by atoms with E-state index in [0.717, 1.165) is 115 Å². The SMILES string of the molecule is O=C(c1ccc(O)c(C(=O)c2cccc(SOOO)c2)c1)c1ccc(O)c(C(=O)c2cccc(S(=O)(=O)O)c2)c1.O=C(c1cccc(SOOO)c1)c1cc(C(c2ccc(O)c(C(=O)c3cccc(S(=O)(=O)O)c3)c2)(C(F)(F)F)C(F)(F)F)ccc1O.O=C(c1cccc(SOOO)c1)c1cc(O)ccc1S(=O)(=O)c1ccc(O)cc1C(=O)c1cccc(S(=O)(=O)O)c1. The van der Waals surface area contributed by atoms with Gasteiger partial charge in [-0.2, -0.15) is 51.6 Å². The molecule has 664 valence electrons. The molecule has 0 saturated carbocycles. The Kier molecular flexibility index (Phi) is 30.4. The highest BCUT2D eigenvalue weighted by atomic mass is 32.2. The van der Waals surface area contributed by atoms with Crippen molar-refractivity contribution in [3.63, 3.8) is 0 Å². The molecule has 12 aromatic rings. The standard InChI is InChI=1S/C29H18F6O10S2.C27H18O11S2.C26H18O12S3/c30-28(31,32)27(29(33,34)35,17-7-9-23(36)21(13-17)25(38)15-3-1-5-19(11-15)46-45-44-40)18-8-10-24(37)22(14-18)26(39)16-4-2-6-20(12-16)47(41,42)43;28-23-9-7-17(13-21(23)26(31)15-3-1-5-19(11-15)39-38-37-33)25(30)18-8-10-24(29)22(14-18)27(32)16-4-2-6-20(12-16)40(34,35)36;27-17-7-9-23(21(13-17)25(29)15-3-1-5-19(11-15)39-38-37-31)40(32,33)24-10-8-18(28)14-22(24)26(30)16-4-2-6-20(12-16)41(34,35)36/h1-14,36-37,40H,(H,41,42,43);1-14,28-29,33H,(H,34,35,36);1-14,27-28,31H,(H,34,35,36). The van der Waals surface area contributed by atoms with Crippen LogP contribution in [0.3, 0.4) is 0 Å². The van der Waals surface area contributed by atoms with Crippen molar-refractivity contribution < 1.29 is 182 Å². The van der Waals surface area contributed by atoms with Crippen LogP contribution in [0.4, 0.5) is 26.3 Å². The maximum absolute atomic E-state index is 15.0. The lowest BCUT2D eigenvalue weighted by atomic mass is 9.71. The molecule has 0 aliphatic carbocycles. The second-order valence-corrected chi connectivity index (χ2v) is 34.6. The summed E-state index contributed by atoms with van der Waals surface area (Å²) in [6, 6.07) is 43.1. The number of benzene rings is 12. The van der Waals surface area contributed by atoms with Crippen molar-refractivity contribution in [1.82, 2.24) is 0 Å². The number of phenols is 6. The average Bonchev–Trinajstić information content (AvgIpc) is 0.708. The first kappa shape index (κ1) is 97.3. The Morgan fingerprint density at radius 2 is 0.523 bits per heavy atom. The summed E-state index contributed by atoms with van der Waals surface area (Å²) in [5.74, 6) is -10.4. The van der Waals surface area contributed by atoms with E-state index in [1.54, 1.807) is 6.07 Å². The largest absolute Gasteiger partial charge is 0.508 e. The van der Waals surface area contributed by atoms with Crippen LogP contribution < -0.4 is 0 Å². The summed E-state index contributed by atoms with van der Waals surface area (Å²) in [6.45, 7) is 0. The number of carbonyl (C=O) groups is 7. The van der Waals surface area contributed by atoms with Crippen LogP contribution in [0.25, 0.3) is 0 Å². The number of aromatic hydroxyl groups is 6. The zero-order valence-corrected chi connectivity index (χ0v) is 69.0. The lowest BCUT2D eigenvalue weighted by Gasteiger charge is -2.38. The summed E-state index contributed by atoms with van der Waals surface area (Å²) in [5.41, 5.74) is -13.1. The molecule has 0 spiro atoms. The molecule has 12 N–H and O–H groups in total. The Balaban J connectivity index is 0.000000201. The topological polar surface area (TPSA) is 554 Å². The number of ketones is 7. The van der Waals surface area contributed by atoms with E-state index >= 15 is 0 Å². The molecule has 0 aliphatic rings. The van der Waals surface area contributed by atoms with Gasteiger partial charge in [0.15, 0.2) is 40.5 Å². The summed E-state index contributed by atoms with van der Waals surface area (Å²) >= 11 is 1.58. The van der Waals surface area contributed by atoms with Crippen LogP contribution >= 0.6 is 36.1 Å². The quantitative estimate of drug-likeness (QED) is 0.00497. The highest BCUT2D eigenvalue weighted by Gasteiger charge is 2.73. The molecule has 0 unspecified atom stereocenters. The molecule has 0 saturated heterocycles. The summed E-state index contributed by atoms with van der Waals surface area (Å²) in [5, 5.41) is 97.0. The molecule has 0 radical (unpaired) electrons. The number of phenolic OH excluding ortho intramolecular Hbond substituents is 6. The number of sulfone groups is 1. The molecule has 0 fully saturated rings. The first-order chi connectivity index (χ1) is 60.1. The van der Waals surface area contributed by atoms with E-state index in [4.69, 9.17) is 15.8 Å². The summed E-state index contributed by atoms with van der Waals surface area (Å²) in [4.78, 5) is 90.4. The summed E-state index contributed by atoms with van der Waals surface area (Å²) in [6.07, 6.45) is -12.5. The fourth-order valence-corrected chi connectivity index (χ4v) is 16.8. The predicted octanol–water partition coefficient (Wildman–Crippen LogP) is 15.2. The van der Waals surface area contributed by atoms with Crippen LogP contribution in [0.15, 0.2) is 294 Å². The average molecular weight is 1910 g/mol. The van der Waals surface area contributed by atoms with Crippen molar-refractivity contribution in [2.45, 2.75) is 56.9 Å². The molecule has 0 atom stereocenters. The molecule has 12 aromatic carbocycles. The number of alkyl halides is 6. The van der Waals surface area contributed by atoms with Gasteiger partial charge < -0.3 is 30.6 Å². The predicted molar refractivity (Wildman–Crippen MR) is 431 cm³/mol. The van der Waals surface area contributed by atoms with Gasteiger partial charge in [-0.3, -0.25) is 47.2 Å². The third-order valence-electron chi connectivity index (χ3n) is 18.2. The van der Waals surface area contributed by atoms with Gasteiger partial charge in [-0.05, 0) is 181 Å². The van der Waals surface area contributed by atoms with Crippen LogP contribution in [0.1, 0.15) is 123 Å². The molecule has 0 aromatic heterocycles. The van der Waals surface area contributed by atoms with Crippen molar-refractivity contribution >= 4 is 117 Å². The number of hydrogen-bond donors (Lipinski definition) is 12. The summed E-state index contributed by atoms with van der Waals surface area (Å²) < 4.78 is 227. The van der Waals surface area contributed by atoms with E-state index in [0.29, 0.717) is 64.1 Å². The van der Waals surface area contributed by atoms with Crippen LogP contribution in [0.2, 0.25) is 0 Å². The number of hydrogen-bond acceptors (Lipinski definition) is 33. The first-order valence-corrected chi connectivity index (χ1v) is 42.9. The van der Waals surface area contributed by atoms with E-state index in [-0.39, 0.29) is 79.2 Å². The van der Waals surface area contributed by atoms with Gasteiger partial charge in [0.25, 0.3) is 30.4 Å². The minimum atomic E-state index is -6.23. The zero-order valence-electron chi connectivity index (χ0n) is 63.3. The van der Waals surface area contributed by atoms with Crippen molar-refractivity contribution in [2.75, 3.05) is 0 Å². The maximum Gasteiger partial charge on any atom is 0.411 e. The highest BCUT2D eigenvalue weighted by Crippen LogP contribution is 2.57. The lowest BCUT2D eigenvalue weighted by Crippen LogP contribution is -2.54. The smallest absolute Gasteiger partial charge is 0.411 e. The van der Waals surface area contributed by atoms with Gasteiger partial charge in [0, 0.05) is 70.3 Å². The number of rotatable bonds is 30. The van der Waals surface area contributed by atoms with Gasteiger partial charge in [-0.25, -0.2) is 24.2 Å². The molecule has 0 heterocycles. The van der Waals surface area contributed by atoms with E-state index in [1.807, 2.05) is 0 Å². The van der Waals surface area contributed by atoms with E-state index in [2.05, 4.69) is 28.1 Å². The van der Waals surface area contributed by atoms with Gasteiger partial charge in [0.2, 0.25) is 15.3 Å². The Morgan fingerprint density at radius 1 is 0.273 bits per heavy atom. The molecule has 0 amide bonds. The van der Waals surface area contributed by atoms with Crippen LogP contribution in [-0.2, 0) is 73.7 Å². The first-order valence-electron chi connectivity index (χ1n) is 34.8. The van der Waals surface area contributed by atoms with Crippen molar-refractivity contribution in [3.05, 3.63) is 344 Å². The van der Waals surface area contributed by atoms with E-state index in [1.165, 1.54) is 91.0 Å². The van der Waals surface area contributed by atoms with Crippen molar-refractivity contribution in [2.24, 2.45) is 0 Å². The minimum absolute atomic E-state index is 0.0128. The molecule has 46 heteroatoms. The van der Waals surface area contributed by atoms with E-state index in [9.17, 15) is 138 Å². The fraction of sp³-hybridized carbons (Fsp3) is 0.0366. The van der Waals surface area contributed by atoms with Gasteiger partial charge in [0.05, 0.1) is 82.9 Å². The van der Waals surface area contributed by atoms with Gasteiger partial charge in [0.1, 0.15) is 34.5 Å². The monoisotopic (exact) mass is 1900 g/mol. The Labute approximate surface area is 729 Å². The van der Waals surface area contributed by atoms with E-state index < -0.39 is 196 Å². The summed E-state index contributed by atoms with van der Waals surface area (Å²) in [7, 11) is -18.9. The molecule has 128 heavy (non-hydrogen) atoms. The van der Waals surface area contributed by atoms with Crippen LogP contribution in [-0.4, -0.2) is 147 Å². The van der Waals surface area contributed by atoms with Crippen LogP contribution in [0, 0.1) is 0 Å². The van der Waals surface area contributed by atoms with Gasteiger partial charge in [-0.1, -0.05) is 100 Å². The fourth-order valence-electron chi connectivity index (χ4n) is 12.3. The number of carbonyl (C=O) groups excluding carboxylic acids is 7. The van der Waals surface area contributed by atoms with Crippen molar-refractivity contribution in [3.8, 4) is 34.5 Å². The molecular weight excluding hydrogens is 1850 g/mol. The van der Waals surface area contributed by atoms with Gasteiger partial charge >= 0.3 is 12.4 Å². The highest BCUT2D eigenvalue weighted by molar-refractivity contribution is 7.95. The lowest BCUT2D eigenvalue weighted by molar-refractivity contribution is -0.432. The Hall–Kier alpha value is -12.9. The normalized spacial score (nSPS) is 11.9. The van der Waals surface area contributed by atoms with Gasteiger partial charge in [-0.15, -0.1) is 13.0 Å².